The summed E-state index contributed by atoms with van der Waals surface area (Å²) in [6.45, 7) is 1.76. The van der Waals surface area contributed by atoms with Crippen LogP contribution in [-0.4, -0.2) is 28.2 Å². The maximum atomic E-state index is 11.2. The van der Waals surface area contributed by atoms with E-state index < -0.39 is 0 Å². The molecule has 0 bridgehead atoms. The molecule has 2 N–H and O–H groups in total. The van der Waals surface area contributed by atoms with Crippen molar-refractivity contribution < 1.29 is 14.4 Å². The number of aromatic hydroxyl groups is 1. The van der Waals surface area contributed by atoms with Crippen LogP contribution in [0.5, 0.6) is 5.75 Å². The zero-order valence-electron chi connectivity index (χ0n) is 10.1. The second kappa shape index (κ2) is 4.87. The molecule has 18 heavy (non-hydrogen) atoms. The number of phenols is 1. The van der Waals surface area contributed by atoms with Crippen LogP contribution in [0.15, 0.2) is 22.7 Å². The van der Waals surface area contributed by atoms with Gasteiger partial charge in [-0.1, -0.05) is 11.2 Å². The molecule has 1 heterocycles. The third kappa shape index (κ3) is 2.32. The number of rotatable bonds is 3. The summed E-state index contributed by atoms with van der Waals surface area (Å²) in [5.74, 6) is 0.586. The highest BCUT2D eigenvalue weighted by molar-refractivity contribution is 5.77. The predicted molar refractivity (Wildman–Crippen MR) is 63.9 cm³/mol. The molecule has 1 amide bonds. The van der Waals surface area contributed by atoms with Crippen LogP contribution in [0.2, 0.25) is 0 Å². The van der Waals surface area contributed by atoms with E-state index in [0.29, 0.717) is 22.8 Å². The van der Waals surface area contributed by atoms with Crippen molar-refractivity contribution in [2.75, 3.05) is 7.05 Å². The average Bonchev–Trinajstić information content (AvgIpc) is 2.80. The number of benzene rings is 1. The third-order valence-electron chi connectivity index (χ3n) is 2.60. The van der Waals surface area contributed by atoms with Crippen LogP contribution in [0.4, 0.5) is 0 Å². The Kier molecular flexibility index (Phi) is 3.27. The Hall–Kier alpha value is -2.37. The van der Waals surface area contributed by atoms with Gasteiger partial charge in [0.2, 0.25) is 5.91 Å². The standard InChI is InChI=1S/C12H13N3O3/c1-7-8(4-3-5-9(7)16)12-14-10(15-18-12)6-11(17)13-2/h3-5,16H,6H2,1-2H3,(H,13,17). The number of carbonyl (C=O) groups excluding carboxylic acids is 1. The van der Waals surface area contributed by atoms with Crippen molar-refractivity contribution in [1.82, 2.24) is 15.5 Å². The Labute approximate surface area is 104 Å². The van der Waals surface area contributed by atoms with E-state index in [2.05, 4.69) is 15.5 Å². The van der Waals surface area contributed by atoms with E-state index in [1.807, 2.05) is 0 Å². The van der Waals surface area contributed by atoms with Crippen molar-refractivity contribution in [2.24, 2.45) is 0 Å². The molecule has 6 heteroatoms. The number of aromatic nitrogens is 2. The Morgan fingerprint density at radius 2 is 2.28 bits per heavy atom. The van der Waals surface area contributed by atoms with Gasteiger partial charge in [0.05, 0.1) is 6.42 Å². The number of hydrogen-bond donors (Lipinski definition) is 2. The lowest BCUT2D eigenvalue weighted by Gasteiger charge is -2.01. The molecule has 2 aromatic rings. The summed E-state index contributed by atoms with van der Waals surface area (Å²) in [4.78, 5) is 15.3. The topological polar surface area (TPSA) is 88.2 Å². The minimum Gasteiger partial charge on any atom is -0.508 e. The van der Waals surface area contributed by atoms with Gasteiger partial charge in [0, 0.05) is 18.2 Å². The van der Waals surface area contributed by atoms with Crippen molar-refractivity contribution in [3.8, 4) is 17.2 Å². The van der Waals surface area contributed by atoms with Gasteiger partial charge < -0.3 is 14.9 Å². The minimum atomic E-state index is -0.185. The molecule has 0 spiro atoms. The molecule has 0 fully saturated rings. The van der Waals surface area contributed by atoms with Crippen LogP contribution in [0.25, 0.3) is 11.5 Å². The van der Waals surface area contributed by atoms with Crippen LogP contribution in [0, 0.1) is 6.92 Å². The summed E-state index contributed by atoms with van der Waals surface area (Å²) in [6.07, 6.45) is 0.0673. The number of phenolic OH excluding ortho intramolecular Hbond substituents is 1. The molecule has 1 aromatic carbocycles. The summed E-state index contributed by atoms with van der Waals surface area (Å²) in [7, 11) is 1.54. The zero-order chi connectivity index (χ0) is 13.1. The SMILES string of the molecule is CNC(=O)Cc1noc(-c2cccc(O)c2C)n1. The number of likely N-dealkylation sites (N-methyl/N-ethyl adjacent to an activating group) is 1. The Morgan fingerprint density at radius 3 is 3.00 bits per heavy atom. The zero-order valence-corrected chi connectivity index (χ0v) is 10.1. The highest BCUT2D eigenvalue weighted by Gasteiger charge is 2.14. The molecule has 6 nitrogen and oxygen atoms in total. The normalized spacial score (nSPS) is 10.3. The van der Waals surface area contributed by atoms with E-state index in [9.17, 15) is 9.90 Å². The van der Waals surface area contributed by atoms with Crippen molar-refractivity contribution >= 4 is 5.91 Å². The predicted octanol–water partition coefficient (Wildman–Crippen LogP) is 1.04. The molecule has 0 aliphatic heterocycles. The first-order valence-electron chi connectivity index (χ1n) is 5.44. The maximum Gasteiger partial charge on any atom is 0.258 e. The molecule has 1 aromatic heterocycles. The van der Waals surface area contributed by atoms with Crippen molar-refractivity contribution in [2.45, 2.75) is 13.3 Å². The molecule has 0 aliphatic rings. The average molecular weight is 247 g/mol. The first kappa shape index (κ1) is 12.1. The van der Waals surface area contributed by atoms with E-state index in [1.165, 1.54) is 0 Å². The molecule has 0 atom stereocenters. The lowest BCUT2D eigenvalue weighted by Crippen LogP contribution is -2.20. The first-order chi connectivity index (χ1) is 8.61. The number of nitrogens with one attached hydrogen (secondary N) is 1. The van der Waals surface area contributed by atoms with E-state index in [-0.39, 0.29) is 18.1 Å². The van der Waals surface area contributed by atoms with Gasteiger partial charge >= 0.3 is 0 Å². The van der Waals surface area contributed by atoms with Gasteiger partial charge in [-0.3, -0.25) is 4.79 Å². The van der Waals surface area contributed by atoms with Crippen LogP contribution in [0.3, 0.4) is 0 Å². The maximum absolute atomic E-state index is 11.2. The molecule has 0 saturated carbocycles. The molecular weight excluding hydrogens is 234 g/mol. The van der Waals surface area contributed by atoms with Gasteiger partial charge in [-0.2, -0.15) is 4.98 Å². The number of carbonyl (C=O) groups is 1. The van der Waals surface area contributed by atoms with Crippen molar-refractivity contribution in [3.05, 3.63) is 29.6 Å². The molecule has 0 saturated heterocycles. The van der Waals surface area contributed by atoms with Gasteiger partial charge in [0.1, 0.15) is 5.75 Å². The molecule has 0 unspecified atom stereocenters. The fourth-order valence-electron chi connectivity index (χ4n) is 1.52. The molecular formula is C12H13N3O3. The van der Waals surface area contributed by atoms with E-state index in [1.54, 1.807) is 32.2 Å². The minimum absolute atomic E-state index is 0.0673. The fourth-order valence-corrected chi connectivity index (χ4v) is 1.52. The molecule has 0 aliphatic carbocycles. The van der Waals surface area contributed by atoms with Gasteiger partial charge in [-0.25, -0.2) is 0 Å². The van der Waals surface area contributed by atoms with E-state index in [4.69, 9.17) is 4.52 Å². The Morgan fingerprint density at radius 1 is 1.50 bits per heavy atom. The van der Waals surface area contributed by atoms with Gasteiger partial charge in [-0.15, -0.1) is 0 Å². The van der Waals surface area contributed by atoms with Gasteiger partial charge in [0.25, 0.3) is 5.89 Å². The highest BCUT2D eigenvalue weighted by atomic mass is 16.5. The molecule has 2 rings (SSSR count). The summed E-state index contributed by atoms with van der Waals surface area (Å²) < 4.78 is 5.08. The van der Waals surface area contributed by atoms with Crippen LogP contribution >= 0.6 is 0 Å². The monoisotopic (exact) mass is 247 g/mol. The number of nitrogens with zero attached hydrogens (tertiary/aromatic N) is 2. The smallest absolute Gasteiger partial charge is 0.258 e. The number of hydrogen-bond acceptors (Lipinski definition) is 5. The lowest BCUT2D eigenvalue weighted by molar-refractivity contribution is -0.120. The highest BCUT2D eigenvalue weighted by Crippen LogP contribution is 2.27. The quantitative estimate of drug-likeness (QED) is 0.846. The third-order valence-corrected chi connectivity index (χ3v) is 2.60. The summed E-state index contributed by atoms with van der Waals surface area (Å²) in [5, 5.41) is 15.8. The first-order valence-corrected chi connectivity index (χ1v) is 5.44. The fraction of sp³-hybridized carbons (Fsp3) is 0.250. The summed E-state index contributed by atoms with van der Waals surface area (Å²) >= 11 is 0. The second-order valence-corrected chi connectivity index (χ2v) is 3.82. The molecule has 0 radical (unpaired) electrons. The van der Waals surface area contributed by atoms with Gasteiger partial charge in [-0.05, 0) is 19.1 Å². The largest absolute Gasteiger partial charge is 0.508 e. The van der Waals surface area contributed by atoms with Crippen molar-refractivity contribution in [1.29, 1.82) is 0 Å². The van der Waals surface area contributed by atoms with E-state index in [0.717, 1.165) is 0 Å². The van der Waals surface area contributed by atoms with Crippen LogP contribution in [0.1, 0.15) is 11.4 Å². The lowest BCUT2D eigenvalue weighted by atomic mass is 10.1. The van der Waals surface area contributed by atoms with Crippen molar-refractivity contribution in [3.63, 3.8) is 0 Å². The van der Waals surface area contributed by atoms with Crippen LogP contribution < -0.4 is 5.32 Å². The van der Waals surface area contributed by atoms with E-state index >= 15 is 0 Å². The number of amides is 1. The summed E-state index contributed by atoms with van der Waals surface area (Å²) in [5.41, 5.74) is 1.32. The van der Waals surface area contributed by atoms with Crippen LogP contribution in [-0.2, 0) is 11.2 Å². The Balaban J connectivity index is 2.29. The Bertz CT molecular complexity index is 578. The second-order valence-electron chi connectivity index (χ2n) is 3.82. The molecule has 94 valence electrons. The summed E-state index contributed by atoms with van der Waals surface area (Å²) in [6, 6.07) is 5.05. The van der Waals surface area contributed by atoms with Gasteiger partial charge in [0.15, 0.2) is 5.82 Å².